The molecule has 1 heterocycles. The predicted molar refractivity (Wildman–Crippen MR) is 76.8 cm³/mol. The van der Waals surface area contributed by atoms with Gasteiger partial charge in [-0.05, 0) is 31.5 Å². The number of benzene rings is 1. The molecule has 0 aliphatic rings. The number of hydrogen-bond acceptors (Lipinski definition) is 4. The number of halogens is 1. The van der Waals surface area contributed by atoms with Crippen LogP contribution in [0.25, 0.3) is 0 Å². The largest absolute Gasteiger partial charge is 0.252 e. The molecule has 0 atom stereocenters. The first kappa shape index (κ1) is 12.3. The molecule has 1 N–H and O–H groups in total. The molecule has 0 aliphatic carbocycles. The van der Waals surface area contributed by atoms with E-state index in [0.29, 0.717) is 0 Å². The van der Waals surface area contributed by atoms with Crippen molar-refractivity contribution in [2.45, 2.75) is 13.8 Å². The first-order valence-corrected chi connectivity index (χ1v) is 6.81. The Hall–Kier alpha value is -1.20. The molecule has 0 saturated heterocycles. The van der Waals surface area contributed by atoms with Crippen LogP contribution in [0, 0.1) is 6.92 Å². The molecule has 88 valence electrons. The number of aryl methyl sites for hydroxylation is 1. The van der Waals surface area contributed by atoms with Gasteiger partial charge in [0, 0.05) is 9.85 Å². The fourth-order valence-electron chi connectivity index (χ4n) is 1.29. The summed E-state index contributed by atoms with van der Waals surface area (Å²) in [6.45, 7) is 3.93. The number of nitrogens with one attached hydrogen (secondary N) is 1. The minimum atomic E-state index is 0.818. The van der Waals surface area contributed by atoms with Gasteiger partial charge >= 0.3 is 0 Å². The van der Waals surface area contributed by atoms with E-state index in [0.717, 1.165) is 26.6 Å². The molecule has 0 spiro atoms. The highest BCUT2D eigenvalue weighted by Crippen LogP contribution is 2.15. The predicted octanol–water partition coefficient (Wildman–Crippen LogP) is 4.05. The van der Waals surface area contributed by atoms with Crippen LogP contribution >= 0.6 is 27.3 Å². The molecule has 0 fully saturated rings. The van der Waals surface area contributed by atoms with Crippen molar-refractivity contribution in [3.63, 3.8) is 0 Å². The van der Waals surface area contributed by atoms with Crippen molar-refractivity contribution >= 4 is 38.1 Å². The van der Waals surface area contributed by atoms with Gasteiger partial charge < -0.3 is 0 Å². The molecule has 0 aliphatic heterocycles. The van der Waals surface area contributed by atoms with Gasteiger partial charge in [-0.1, -0.05) is 28.1 Å². The normalized spacial score (nSPS) is 11.6. The molecule has 0 unspecified atom stereocenters. The third kappa shape index (κ3) is 3.38. The highest BCUT2D eigenvalue weighted by molar-refractivity contribution is 9.10. The van der Waals surface area contributed by atoms with Gasteiger partial charge in [0.1, 0.15) is 0 Å². The van der Waals surface area contributed by atoms with Crippen LogP contribution in [0.1, 0.15) is 18.2 Å². The van der Waals surface area contributed by atoms with Gasteiger partial charge in [0.2, 0.25) is 5.13 Å². The average molecular weight is 310 g/mol. The van der Waals surface area contributed by atoms with Gasteiger partial charge in [0.15, 0.2) is 0 Å². The molecular formula is C12H12BrN3S. The lowest BCUT2D eigenvalue weighted by atomic mass is 10.1. The Morgan fingerprint density at radius 3 is 2.65 bits per heavy atom. The summed E-state index contributed by atoms with van der Waals surface area (Å²) in [6.07, 6.45) is 0. The van der Waals surface area contributed by atoms with Crippen molar-refractivity contribution < 1.29 is 0 Å². The van der Waals surface area contributed by atoms with Crippen LogP contribution in [-0.4, -0.2) is 10.7 Å². The van der Waals surface area contributed by atoms with Crippen LogP contribution in [0.2, 0.25) is 0 Å². The zero-order valence-electron chi connectivity index (χ0n) is 9.57. The van der Waals surface area contributed by atoms with E-state index in [4.69, 9.17) is 0 Å². The molecule has 17 heavy (non-hydrogen) atoms. The second-order valence-corrected chi connectivity index (χ2v) is 5.38. The summed E-state index contributed by atoms with van der Waals surface area (Å²) in [6, 6.07) is 8.05. The Morgan fingerprint density at radius 1 is 1.35 bits per heavy atom. The summed E-state index contributed by atoms with van der Waals surface area (Å²) >= 11 is 4.96. The number of hydrogen-bond donors (Lipinski definition) is 1. The first-order chi connectivity index (χ1) is 8.15. The van der Waals surface area contributed by atoms with E-state index < -0.39 is 0 Å². The standard InChI is InChI=1S/C12H12BrN3S/c1-8-7-17-12(14-8)16-15-9(2)10-3-5-11(13)6-4-10/h3-7H,1-2H3,(H,14,16). The van der Waals surface area contributed by atoms with Gasteiger partial charge in [0.25, 0.3) is 0 Å². The molecule has 1 aromatic carbocycles. The molecule has 0 radical (unpaired) electrons. The highest BCUT2D eigenvalue weighted by atomic mass is 79.9. The first-order valence-electron chi connectivity index (χ1n) is 5.13. The molecule has 5 heteroatoms. The van der Waals surface area contributed by atoms with Crippen molar-refractivity contribution in [3.8, 4) is 0 Å². The van der Waals surface area contributed by atoms with Gasteiger partial charge in [0.05, 0.1) is 11.4 Å². The third-order valence-corrected chi connectivity index (χ3v) is 3.59. The zero-order chi connectivity index (χ0) is 12.3. The Kier molecular flexibility index (Phi) is 3.91. The second-order valence-electron chi connectivity index (χ2n) is 3.61. The third-order valence-electron chi connectivity index (χ3n) is 2.20. The lowest BCUT2D eigenvalue weighted by molar-refractivity contribution is 1.21. The number of nitrogens with zero attached hydrogens (tertiary/aromatic N) is 2. The average Bonchev–Trinajstić information content (AvgIpc) is 2.73. The molecule has 0 amide bonds. The lowest BCUT2D eigenvalue weighted by Crippen LogP contribution is -1.99. The molecule has 0 bridgehead atoms. The van der Waals surface area contributed by atoms with Crippen LogP contribution in [-0.2, 0) is 0 Å². The number of rotatable bonds is 3. The van der Waals surface area contributed by atoms with E-state index >= 15 is 0 Å². The summed E-state index contributed by atoms with van der Waals surface area (Å²) in [7, 11) is 0. The van der Waals surface area contributed by atoms with Gasteiger partial charge in [-0.2, -0.15) is 5.10 Å². The Morgan fingerprint density at radius 2 is 2.06 bits per heavy atom. The Labute approximate surface area is 113 Å². The van der Waals surface area contributed by atoms with E-state index in [9.17, 15) is 0 Å². The topological polar surface area (TPSA) is 37.3 Å². The van der Waals surface area contributed by atoms with Crippen LogP contribution in [0.4, 0.5) is 5.13 Å². The van der Waals surface area contributed by atoms with Gasteiger partial charge in [-0.3, -0.25) is 5.43 Å². The van der Waals surface area contributed by atoms with E-state index in [-0.39, 0.29) is 0 Å². The van der Waals surface area contributed by atoms with E-state index in [1.165, 1.54) is 0 Å². The van der Waals surface area contributed by atoms with E-state index in [1.54, 1.807) is 11.3 Å². The second kappa shape index (κ2) is 5.42. The minimum absolute atomic E-state index is 0.818. The lowest BCUT2D eigenvalue weighted by Gasteiger charge is -2.01. The summed E-state index contributed by atoms with van der Waals surface area (Å²) in [5.74, 6) is 0. The van der Waals surface area contributed by atoms with Crippen molar-refractivity contribution in [2.75, 3.05) is 5.43 Å². The maximum Gasteiger partial charge on any atom is 0.203 e. The fourth-order valence-corrected chi connectivity index (χ4v) is 2.19. The summed E-state index contributed by atoms with van der Waals surface area (Å²) in [5, 5.41) is 7.12. The highest BCUT2D eigenvalue weighted by Gasteiger charge is 1.99. The smallest absolute Gasteiger partial charge is 0.203 e. The monoisotopic (exact) mass is 309 g/mol. The van der Waals surface area contributed by atoms with Crippen molar-refractivity contribution in [1.82, 2.24) is 4.98 Å². The Balaban J connectivity index is 2.09. The van der Waals surface area contributed by atoms with Crippen molar-refractivity contribution in [3.05, 3.63) is 45.4 Å². The van der Waals surface area contributed by atoms with Gasteiger partial charge in [-0.15, -0.1) is 11.3 Å². The molecule has 2 rings (SSSR count). The van der Waals surface area contributed by atoms with Gasteiger partial charge in [-0.25, -0.2) is 4.98 Å². The summed E-state index contributed by atoms with van der Waals surface area (Å²) < 4.78 is 1.07. The number of thiazole rings is 1. The van der Waals surface area contributed by atoms with Crippen LogP contribution in [0.15, 0.2) is 39.2 Å². The summed E-state index contributed by atoms with van der Waals surface area (Å²) in [4.78, 5) is 4.28. The quantitative estimate of drug-likeness (QED) is 0.686. The minimum Gasteiger partial charge on any atom is -0.252 e. The number of aromatic nitrogens is 1. The molecule has 2 aromatic rings. The van der Waals surface area contributed by atoms with Crippen LogP contribution in [0.3, 0.4) is 0 Å². The van der Waals surface area contributed by atoms with Crippen molar-refractivity contribution in [2.24, 2.45) is 5.10 Å². The fraction of sp³-hybridized carbons (Fsp3) is 0.167. The maximum atomic E-state index is 4.31. The zero-order valence-corrected chi connectivity index (χ0v) is 12.0. The molecule has 3 nitrogen and oxygen atoms in total. The molecule has 0 saturated carbocycles. The SMILES string of the molecule is CC(=NNc1nc(C)cs1)c1ccc(Br)cc1. The van der Waals surface area contributed by atoms with Crippen LogP contribution < -0.4 is 5.43 Å². The maximum absolute atomic E-state index is 4.31. The van der Waals surface area contributed by atoms with Crippen molar-refractivity contribution in [1.29, 1.82) is 0 Å². The number of hydrazone groups is 1. The molecular weight excluding hydrogens is 298 g/mol. The van der Waals surface area contributed by atoms with E-state index in [1.807, 2.05) is 43.5 Å². The van der Waals surface area contributed by atoms with Crippen LogP contribution in [0.5, 0.6) is 0 Å². The van der Waals surface area contributed by atoms with E-state index in [2.05, 4.69) is 31.4 Å². The summed E-state index contributed by atoms with van der Waals surface area (Å²) in [5.41, 5.74) is 6.00. The molecule has 1 aromatic heterocycles. The Bertz CT molecular complexity index is 531. The number of anilines is 1.